The molecule has 6 heteroatoms. The van der Waals surface area contributed by atoms with E-state index in [9.17, 15) is 0 Å². The van der Waals surface area contributed by atoms with E-state index >= 15 is 0 Å². The van der Waals surface area contributed by atoms with Crippen molar-refractivity contribution in [2.45, 2.75) is 6.42 Å². The Morgan fingerprint density at radius 1 is 1.56 bits per heavy atom. The van der Waals surface area contributed by atoms with Gasteiger partial charge in [-0.15, -0.1) is 0 Å². The highest BCUT2D eigenvalue weighted by molar-refractivity contribution is 9.09. The fourth-order valence-electron chi connectivity index (χ4n) is 0.0772. The third kappa shape index (κ3) is 51.9. The highest BCUT2D eigenvalue weighted by Gasteiger charge is 1.86. The van der Waals surface area contributed by atoms with E-state index in [0.717, 1.165) is 18.3 Å². The van der Waals surface area contributed by atoms with Gasteiger partial charge in [-0.05, 0) is 17.2 Å². The van der Waals surface area contributed by atoms with Crippen LogP contribution < -0.4 is 14.1 Å². The lowest BCUT2D eigenvalue weighted by Crippen LogP contribution is -2.30. The van der Waals surface area contributed by atoms with Crippen LogP contribution in [0.25, 0.3) is 0 Å². The lowest BCUT2D eigenvalue weighted by molar-refractivity contribution is -1.63. The Balaban J connectivity index is 0. The molecule has 0 atom stereocenters. The van der Waals surface area contributed by atoms with Crippen molar-refractivity contribution in [2.24, 2.45) is 5.73 Å². The van der Waals surface area contributed by atoms with Gasteiger partial charge in [-0.25, -0.2) is 0 Å². The van der Waals surface area contributed by atoms with E-state index in [-0.39, 0.29) is 0 Å². The Morgan fingerprint density at radius 2 is 1.89 bits per heavy atom. The normalized spacial score (nSPS) is 8.67. The van der Waals surface area contributed by atoms with Gasteiger partial charge in [-0.3, -0.25) is 0 Å². The van der Waals surface area contributed by atoms with Crippen LogP contribution in [0.2, 0.25) is 0 Å². The molecule has 0 aliphatic heterocycles. The molecule has 0 rings (SSSR count). The fourth-order valence-corrected chi connectivity index (χ4v) is 0.401. The summed E-state index contributed by atoms with van der Waals surface area (Å²) in [5, 5.41) is 1.03. The maximum Gasteiger partial charge on any atom is 0.433 e. The number of alkyl halides is 1. The Kier molecular flexibility index (Phi) is 16.0. The highest BCUT2D eigenvalue weighted by atomic mass is 80.0. The molecule has 0 aliphatic rings. The van der Waals surface area contributed by atoms with Crippen LogP contribution >= 0.6 is 15.9 Å². The molecule has 9 heavy (non-hydrogen) atoms. The zero-order valence-corrected chi connectivity index (χ0v) is 7.89. The van der Waals surface area contributed by atoms with E-state index < -0.39 is 14.8 Å². The lowest BCUT2D eigenvalue weighted by Gasteiger charge is -1.78. The molecule has 0 aromatic heterocycles. The molecular weight excluding hydrogens is 258 g/mol. The van der Waals surface area contributed by atoms with Crippen molar-refractivity contribution in [3.8, 4) is 0 Å². The molecule has 0 heterocycles. The van der Waals surface area contributed by atoms with Gasteiger partial charge < -0.3 is 14.1 Å². The van der Waals surface area contributed by atoms with Crippen molar-refractivity contribution < 1.29 is 27.4 Å². The molecule has 58 valence electrons. The van der Waals surface area contributed by atoms with Crippen LogP contribution in [0.3, 0.4) is 0 Å². The Hall–Kier alpha value is 0.800. The molecule has 0 aromatic rings. The van der Waals surface area contributed by atoms with Crippen molar-refractivity contribution >= 4 is 15.9 Å². The van der Waals surface area contributed by atoms with Gasteiger partial charge in [0.1, 0.15) is 0 Å². The third-order valence-electron chi connectivity index (χ3n) is 0.338. The minimum atomic E-state index is -3.40. The van der Waals surface area contributed by atoms with Gasteiger partial charge in [-0.1, -0.05) is 15.9 Å². The molecular formula is C3H9Br2NO3. The van der Waals surface area contributed by atoms with Gasteiger partial charge >= 0.3 is 14.8 Å². The van der Waals surface area contributed by atoms with Crippen molar-refractivity contribution in [1.82, 2.24) is 0 Å². The maximum absolute atomic E-state index is 8.63. The van der Waals surface area contributed by atoms with Crippen LogP contribution in [0.15, 0.2) is 0 Å². The number of halogens is 2. The van der Waals surface area contributed by atoms with Gasteiger partial charge in [0, 0.05) is 5.33 Å². The Bertz CT molecular complexity index is 41.3. The first kappa shape index (κ1) is 12.5. The summed E-state index contributed by atoms with van der Waals surface area (Å²) in [6.45, 7) is 0.797. The monoisotopic (exact) mass is 265 g/mol. The molecule has 0 bridgehead atoms. The van der Waals surface area contributed by atoms with Crippen molar-refractivity contribution in [3.63, 3.8) is 0 Å². The summed E-state index contributed by atoms with van der Waals surface area (Å²) in [6.07, 6.45) is 1.08. The van der Waals surface area contributed by atoms with E-state index in [1.54, 1.807) is 0 Å². The Labute approximate surface area is 67.6 Å². The van der Waals surface area contributed by atoms with Crippen LogP contribution in [-0.4, -0.2) is 16.1 Å². The summed E-state index contributed by atoms with van der Waals surface area (Å²) in [6, 6.07) is 0. The second-order valence-corrected chi connectivity index (χ2v) is 2.67. The average Bonchev–Trinajstić information content (AvgIpc) is 1.66. The predicted octanol–water partition coefficient (Wildman–Crippen LogP) is -2.20. The summed E-state index contributed by atoms with van der Waals surface area (Å²) in [5.74, 6) is 0. The molecule has 0 amide bonds. The first-order valence-corrected chi connectivity index (χ1v) is 5.28. The third-order valence-corrected chi connectivity index (χ3v) is 0.898. The van der Waals surface area contributed by atoms with Gasteiger partial charge in [0.05, 0.1) is 0 Å². The standard InChI is InChI=1S/C3H8BrN.BrHO3/c4-2-1-3-5;2-1(3)4/h1-3,5H2;2H. The van der Waals surface area contributed by atoms with Gasteiger partial charge in [0.15, 0.2) is 0 Å². The number of hydrogen-bond donors (Lipinski definition) is 2. The SMILES string of the molecule is NCCCBr.[O-][Br+2]([O-])O. The summed E-state index contributed by atoms with van der Waals surface area (Å²) in [7, 11) is 0. The Morgan fingerprint density at radius 3 is 1.89 bits per heavy atom. The van der Waals surface area contributed by atoms with E-state index in [1.165, 1.54) is 0 Å². The molecule has 4 nitrogen and oxygen atoms in total. The van der Waals surface area contributed by atoms with Gasteiger partial charge in [0.25, 0.3) is 0 Å². The molecule has 0 saturated heterocycles. The molecule has 0 aromatic carbocycles. The quantitative estimate of drug-likeness (QED) is 0.555. The van der Waals surface area contributed by atoms with Gasteiger partial charge in [-0.2, -0.15) is 0 Å². The van der Waals surface area contributed by atoms with Gasteiger partial charge in [0.2, 0.25) is 0 Å². The number of nitrogens with two attached hydrogens (primary N) is 1. The van der Waals surface area contributed by atoms with E-state index in [4.69, 9.17) is 18.3 Å². The minimum Gasteiger partial charge on any atom is -0.372 e. The summed E-state index contributed by atoms with van der Waals surface area (Å²) >= 11 is -0.166. The topological polar surface area (TPSA) is 92.4 Å². The summed E-state index contributed by atoms with van der Waals surface area (Å²) in [4.78, 5) is 0. The largest absolute Gasteiger partial charge is 0.433 e. The molecule has 0 saturated carbocycles. The number of hydrogen-bond acceptors (Lipinski definition) is 4. The van der Waals surface area contributed by atoms with E-state index in [0.29, 0.717) is 0 Å². The van der Waals surface area contributed by atoms with Crippen LogP contribution in [0.5, 0.6) is 0 Å². The fraction of sp³-hybridized carbons (Fsp3) is 1.00. The van der Waals surface area contributed by atoms with Crippen molar-refractivity contribution in [2.75, 3.05) is 11.9 Å². The van der Waals surface area contributed by atoms with E-state index in [2.05, 4.69) is 15.9 Å². The molecule has 0 unspecified atom stereocenters. The molecule has 3 N–H and O–H groups in total. The van der Waals surface area contributed by atoms with Crippen LogP contribution in [0, 0.1) is 14.8 Å². The second kappa shape index (κ2) is 11.6. The first-order valence-electron chi connectivity index (χ1n) is 2.15. The van der Waals surface area contributed by atoms with Crippen LogP contribution in [-0.2, 0) is 0 Å². The molecule has 0 fully saturated rings. The summed E-state index contributed by atoms with van der Waals surface area (Å²) < 4.78 is 24.3. The molecule has 0 aliphatic carbocycles. The zero-order valence-electron chi connectivity index (χ0n) is 4.72. The zero-order chi connectivity index (χ0) is 7.70. The van der Waals surface area contributed by atoms with Crippen molar-refractivity contribution in [1.29, 1.82) is 0 Å². The molecule has 0 radical (unpaired) electrons. The van der Waals surface area contributed by atoms with Crippen LogP contribution in [0.1, 0.15) is 6.42 Å². The summed E-state index contributed by atoms with van der Waals surface area (Å²) in [5.41, 5.74) is 5.11. The minimum absolute atomic E-state index is 0.797. The lowest BCUT2D eigenvalue weighted by atomic mass is 10.5. The second-order valence-electron chi connectivity index (χ2n) is 1.03. The maximum atomic E-state index is 8.63. The first-order chi connectivity index (χ1) is 4.15. The van der Waals surface area contributed by atoms with E-state index in [1.807, 2.05) is 0 Å². The number of rotatable bonds is 2. The molecule has 0 spiro atoms. The highest BCUT2D eigenvalue weighted by Crippen LogP contribution is 1.80. The smallest absolute Gasteiger partial charge is 0.372 e. The van der Waals surface area contributed by atoms with Crippen LogP contribution in [0.4, 0.5) is 0 Å². The average molecular weight is 267 g/mol. The predicted molar refractivity (Wildman–Crippen MR) is 29.7 cm³/mol. The van der Waals surface area contributed by atoms with Crippen molar-refractivity contribution in [3.05, 3.63) is 0 Å².